The standard InChI is InChI=1S/C18H24N2O2/c21-17(13-14-5-2-1-3-6-14)19-16-9-11-20(12-10-16)18(22)15-7-4-8-15/h1-3,5-6,15-16H,4,7-13H2,(H,19,21). The maximum Gasteiger partial charge on any atom is 0.225 e. The first-order valence-corrected chi connectivity index (χ1v) is 8.34. The second-order valence-corrected chi connectivity index (χ2v) is 6.46. The third-order valence-corrected chi connectivity index (χ3v) is 4.83. The predicted octanol–water partition coefficient (Wildman–Crippen LogP) is 2.14. The van der Waals surface area contributed by atoms with E-state index in [4.69, 9.17) is 0 Å². The zero-order valence-corrected chi connectivity index (χ0v) is 13.0. The van der Waals surface area contributed by atoms with Crippen LogP contribution in [0.25, 0.3) is 0 Å². The summed E-state index contributed by atoms with van der Waals surface area (Å²) < 4.78 is 0. The molecule has 2 aliphatic rings. The second kappa shape index (κ2) is 6.95. The van der Waals surface area contributed by atoms with Crippen LogP contribution in [0.4, 0.5) is 0 Å². The summed E-state index contributed by atoms with van der Waals surface area (Å²) in [6.07, 6.45) is 5.50. The van der Waals surface area contributed by atoms with Crippen molar-refractivity contribution in [2.45, 2.75) is 44.6 Å². The molecule has 22 heavy (non-hydrogen) atoms. The van der Waals surface area contributed by atoms with E-state index in [9.17, 15) is 9.59 Å². The Morgan fingerprint density at radius 3 is 2.32 bits per heavy atom. The SMILES string of the molecule is O=C(Cc1ccccc1)NC1CCN(C(=O)C2CCC2)CC1. The Morgan fingerprint density at radius 1 is 1.05 bits per heavy atom. The summed E-state index contributed by atoms with van der Waals surface area (Å²) in [5.41, 5.74) is 1.04. The minimum Gasteiger partial charge on any atom is -0.353 e. The van der Waals surface area contributed by atoms with Gasteiger partial charge in [0.15, 0.2) is 0 Å². The number of nitrogens with one attached hydrogen (secondary N) is 1. The summed E-state index contributed by atoms with van der Waals surface area (Å²) in [7, 11) is 0. The smallest absolute Gasteiger partial charge is 0.225 e. The number of amides is 2. The second-order valence-electron chi connectivity index (χ2n) is 6.46. The molecule has 0 spiro atoms. The van der Waals surface area contributed by atoms with Crippen LogP contribution >= 0.6 is 0 Å². The van der Waals surface area contributed by atoms with Crippen LogP contribution in [0.5, 0.6) is 0 Å². The average molecular weight is 300 g/mol. The highest BCUT2D eigenvalue weighted by atomic mass is 16.2. The molecule has 0 aromatic heterocycles. The van der Waals surface area contributed by atoms with E-state index in [-0.39, 0.29) is 17.9 Å². The Kier molecular flexibility index (Phi) is 4.76. The fourth-order valence-electron chi connectivity index (χ4n) is 3.22. The van der Waals surface area contributed by atoms with E-state index in [1.807, 2.05) is 35.2 Å². The molecule has 2 amide bonds. The number of benzene rings is 1. The van der Waals surface area contributed by atoms with Gasteiger partial charge in [-0.25, -0.2) is 0 Å². The molecule has 4 heteroatoms. The van der Waals surface area contributed by atoms with Crippen LogP contribution in [0.2, 0.25) is 0 Å². The fraction of sp³-hybridized carbons (Fsp3) is 0.556. The van der Waals surface area contributed by atoms with Gasteiger partial charge >= 0.3 is 0 Å². The van der Waals surface area contributed by atoms with Gasteiger partial charge in [0, 0.05) is 25.0 Å². The third-order valence-electron chi connectivity index (χ3n) is 4.83. The fourth-order valence-corrected chi connectivity index (χ4v) is 3.22. The van der Waals surface area contributed by atoms with Crippen molar-refractivity contribution in [3.8, 4) is 0 Å². The lowest BCUT2D eigenvalue weighted by Crippen LogP contribution is -2.49. The lowest BCUT2D eigenvalue weighted by atomic mass is 9.84. The highest BCUT2D eigenvalue weighted by Gasteiger charge is 2.31. The number of piperidine rings is 1. The van der Waals surface area contributed by atoms with Gasteiger partial charge in [0.2, 0.25) is 11.8 Å². The van der Waals surface area contributed by atoms with Gasteiger partial charge in [0.25, 0.3) is 0 Å². The molecule has 0 bridgehead atoms. The van der Waals surface area contributed by atoms with Crippen LogP contribution in [0, 0.1) is 5.92 Å². The summed E-state index contributed by atoms with van der Waals surface area (Å²) in [6.45, 7) is 1.57. The molecule has 4 nitrogen and oxygen atoms in total. The molecule has 0 unspecified atom stereocenters. The Balaban J connectivity index is 1.41. The van der Waals surface area contributed by atoms with Crippen molar-refractivity contribution < 1.29 is 9.59 Å². The van der Waals surface area contributed by atoms with Crippen LogP contribution < -0.4 is 5.32 Å². The van der Waals surface area contributed by atoms with Crippen molar-refractivity contribution in [1.82, 2.24) is 10.2 Å². The number of carbonyl (C=O) groups excluding carboxylic acids is 2. The largest absolute Gasteiger partial charge is 0.353 e. The lowest BCUT2D eigenvalue weighted by Gasteiger charge is -2.36. The van der Waals surface area contributed by atoms with Gasteiger partial charge in [0.05, 0.1) is 6.42 Å². The van der Waals surface area contributed by atoms with Gasteiger partial charge in [-0.1, -0.05) is 36.8 Å². The maximum atomic E-state index is 12.2. The highest BCUT2D eigenvalue weighted by molar-refractivity contribution is 5.80. The summed E-state index contributed by atoms with van der Waals surface area (Å²) in [4.78, 5) is 26.2. The van der Waals surface area contributed by atoms with Crippen molar-refractivity contribution >= 4 is 11.8 Å². The van der Waals surface area contributed by atoms with Gasteiger partial charge in [-0.2, -0.15) is 0 Å². The molecular weight excluding hydrogens is 276 g/mol. The topological polar surface area (TPSA) is 49.4 Å². The summed E-state index contributed by atoms with van der Waals surface area (Å²) >= 11 is 0. The van der Waals surface area contributed by atoms with Crippen LogP contribution in [0.3, 0.4) is 0 Å². The molecule has 0 atom stereocenters. The first-order valence-electron chi connectivity index (χ1n) is 8.34. The first-order chi connectivity index (χ1) is 10.7. The van der Waals surface area contributed by atoms with Gasteiger partial charge < -0.3 is 10.2 Å². The maximum absolute atomic E-state index is 12.2. The van der Waals surface area contributed by atoms with E-state index in [1.165, 1.54) is 6.42 Å². The average Bonchev–Trinajstić information content (AvgIpc) is 2.47. The zero-order valence-electron chi connectivity index (χ0n) is 13.0. The lowest BCUT2D eigenvalue weighted by molar-refractivity contribution is -0.139. The van der Waals surface area contributed by atoms with E-state index in [1.54, 1.807) is 0 Å². The minimum absolute atomic E-state index is 0.0787. The highest BCUT2D eigenvalue weighted by Crippen LogP contribution is 2.29. The number of rotatable bonds is 4. The number of likely N-dealkylation sites (tertiary alicyclic amines) is 1. The monoisotopic (exact) mass is 300 g/mol. The van der Waals surface area contributed by atoms with E-state index in [2.05, 4.69) is 5.32 Å². The molecule has 1 N–H and O–H groups in total. The molecule has 1 heterocycles. The molecule has 1 aromatic rings. The third kappa shape index (κ3) is 3.67. The number of carbonyl (C=O) groups is 2. The van der Waals surface area contributed by atoms with Crippen molar-refractivity contribution in [3.05, 3.63) is 35.9 Å². The predicted molar refractivity (Wildman–Crippen MR) is 85.2 cm³/mol. The Hall–Kier alpha value is -1.84. The van der Waals surface area contributed by atoms with Crippen LogP contribution in [-0.2, 0) is 16.0 Å². The molecule has 1 aliphatic heterocycles. The van der Waals surface area contributed by atoms with Crippen molar-refractivity contribution in [2.75, 3.05) is 13.1 Å². The Bertz CT molecular complexity index is 517. The van der Waals surface area contributed by atoms with Crippen molar-refractivity contribution in [1.29, 1.82) is 0 Å². The Labute approximate surface area is 131 Å². The molecule has 3 rings (SSSR count). The van der Waals surface area contributed by atoms with E-state index in [0.717, 1.165) is 44.3 Å². The van der Waals surface area contributed by atoms with Crippen LogP contribution in [-0.4, -0.2) is 35.8 Å². The molecule has 1 aliphatic carbocycles. The summed E-state index contributed by atoms with van der Waals surface area (Å²) in [6, 6.07) is 10.0. The quantitative estimate of drug-likeness (QED) is 0.926. The van der Waals surface area contributed by atoms with Gasteiger partial charge in [0.1, 0.15) is 0 Å². The van der Waals surface area contributed by atoms with E-state index in [0.29, 0.717) is 12.3 Å². The zero-order chi connectivity index (χ0) is 15.4. The van der Waals surface area contributed by atoms with Gasteiger partial charge in [-0.15, -0.1) is 0 Å². The number of hydrogen-bond acceptors (Lipinski definition) is 2. The minimum atomic E-state index is 0.0787. The van der Waals surface area contributed by atoms with Crippen molar-refractivity contribution in [2.24, 2.45) is 5.92 Å². The number of nitrogens with zero attached hydrogens (tertiary/aromatic N) is 1. The molecule has 0 radical (unpaired) electrons. The van der Waals surface area contributed by atoms with Crippen LogP contribution in [0.1, 0.15) is 37.7 Å². The first kappa shape index (κ1) is 15.1. The van der Waals surface area contributed by atoms with E-state index < -0.39 is 0 Å². The molecule has 118 valence electrons. The summed E-state index contributed by atoms with van der Waals surface area (Å²) in [5.74, 6) is 0.694. The normalized spacial score (nSPS) is 19.5. The number of hydrogen-bond donors (Lipinski definition) is 1. The van der Waals surface area contributed by atoms with Crippen molar-refractivity contribution in [3.63, 3.8) is 0 Å². The van der Waals surface area contributed by atoms with Gasteiger partial charge in [-0.3, -0.25) is 9.59 Å². The molecule has 1 saturated carbocycles. The van der Waals surface area contributed by atoms with Crippen LogP contribution in [0.15, 0.2) is 30.3 Å². The summed E-state index contributed by atoms with van der Waals surface area (Å²) in [5, 5.41) is 3.11. The molecule has 2 fully saturated rings. The molecule has 1 saturated heterocycles. The molecular formula is C18H24N2O2. The van der Waals surface area contributed by atoms with Gasteiger partial charge in [-0.05, 0) is 31.2 Å². The molecule has 1 aromatic carbocycles. The van der Waals surface area contributed by atoms with E-state index >= 15 is 0 Å². The Morgan fingerprint density at radius 2 is 1.73 bits per heavy atom.